The van der Waals surface area contributed by atoms with Crippen molar-refractivity contribution < 1.29 is 23.5 Å². The summed E-state index contributed by atoms with van der Waals surface area (Å²) in [5, 5.41) is 10.9. The number of nitrogens with zero attached hydrogens (tertiary/aromatic N) is 1. The van der Waals surface area contributed by atoms with Gasteiger partial charge in [0.1, 0.15) is 12.0 Å². The number of anilines is 1. The summed E-state index contributed by atoms with van der Waals surface area (Å²) in [6.45, 7) is 19.0. The van der Waals surface area contributed by atoms with E-state index in [1.165, 1.54) is 29.2 Å². The van der Waals surface area contributed by atoms with Gasteiger partial charge in [0, 0.05) is 36.6 Å². The van der Waals surface area contributed by atoms with E-state index in [0.29, 0.717) is 16.9 Å². The van der Waals surface area contributed by atoms with Gasteiger partial charge in [0.15, 0.2) is 17.9 Å². The number of thioether (sulfide) groups is 1. The standard InChI is InChI=1S/C16H12F2OS2.C10H13NO.C4H8O.2C2H6/c1-10(2)21-14(8-19)7-13-5-12(9-20-13)11-3-4-15(17)16(18)6-11;1-8(12)9-4-6-10(7-5-9)11(2)3;1-2-3-4-5;2*1-2/h3-9H,1H2,2H3;4-7,12H,1H2,2-3H3;4H,2-3H2,1H3;2*1-2H3/b14-7-;;;;. The third-order valence-corrected chi connectivity index (χ3v) is 6.37. The smallest absolute Gasteiger partial charge is 0.159 e. The van der Waals surface area contributed by atoms with Crippen LogP contribution in [0.2, 0.25) is 0 Å². The Labute approximate surface area is 259 Å². The van der Waals surface area contributed by atoms with Crippen LogP contribution in [0.15, 0.2) is 76.9 Å². The first-order chi connectivity index (χ1) is 20.0. The van der Waals surface area contributed by atoms with Crippen molar-refractivity contribution >= 4 is 53.2 Å². The second kappa shape index (κ2) is 24.1. The van der Waals surface area contributed by atoms with E-state index in [1.54, 1.807) is 6.08 Å². The molecule has 4 nitrogen and oxygen atoms in total. The number of benzene rings is 2. The van der Waals surface area contributed by atoms with Gasteiger partial charge in [-0.25, -0.2) is 8.78 Å². The van der Waals surface area contributed by atoms with Crippen molar-refractivity contribution in [3.05, 3.63) is 99.0 Å². The van der Waals surface area contributed by atoms with Crippen molar-refractivity contribution in [1.82, 2.24) is 0 Å². The molecule has 1 heterocycles. The maximum absolute atomic E-state index is 13.2. The van der Waals surface area contributed by atoms with Gasteiger partial charge in [-0.05, 0) is 83.3 Å². The predicted molar refractivity (Wildman–Crippen MR) is 182 cm³/mol. The van der Waals surface area contributed by atoms with E-state index in [9.17, 15) is 18.4 Å². The number of carbonyl (C=O) groups is 2. The maximum Gasteiger partial charge on any atom is 0.159 e. The number of aliphatic hydroxyl groups is 1. The fourth-order valence-corrected chi connectivity index (χ4v) is 4.32. The lowest BCUT2D eigenvalue weighted by Gasteiger charge is -2.12. The monoisotopic (exact) mass is 617 g/mol. The average Bonchev–Trinajstić information content (AvgIpc) is 3.45. The summed E-state index contributed by atoms with van der Waals surface area (Å²) < 4.78 is 26.2. The first-order valence-electron chi connectivity index (χ1n) is 13.7. The van der Waals surface area contributed by atoms with Crippen LogP contribution in [0.1, 0.15) is 64.8 Å². The number of halogens is 2. The van der Waals surface area contributed by atoms with Gasteiger partial charge in [-0.15, -0.1) is 11.3 Å². The second-order valence-electron chi connectivity index (χ2n) is 8.18. The molecule has 8 heteroatoms. The minimum absolute atomic E-state index is 0.111. The molecule has 1 N–H and O–H groups in total. The summed E-state index contributed by atoms with van der Waals surface area (Å²) in [5.41, 5.74) is 3.27. The molecule has 230 valence electrons. The Balaban J connectivity index is 0. The van der Waals surface area contributed by atoms with E-state index in [-0.39, 0.29) is 5.76 Å². The van der Waals surface area contributed by atoms with E-state index in [4.69, 9.17) is 5.11 Å². The van der Waals surface area contributed by atoms with Gasteiger partial charge in [0.2, 0.25) is 0 Å². The topological polar surface area (TPSA) is 57.6 Å². The van der Waals surface area contributed by atoms with Gasteiger partial charge in [-0.3, -0.25) is 4.79 Å². The molecule has 0 aliphatic heterocycles. The molecule has 3 rings (SSSR count). The zero-order chi connectivity index (χ0) is 32.7. The number of hydrogen-bond donors (Lipinski definition) is 1. The maximum atomic E-state index is 13.2. The molecule has 42 heavy (non-hydrogen) atoms. The highest BCUT2D eigenvalue weighted by atomic mass is 32.2. The zero-order valence-corrected chi connectivity index (χ0v) is 27.7. The van der Waals surface area contributed by atoms with Crippen molar-refractivity contribution in [3.63, 3.8) is 0 Å². The highest BCUT2D eigenvalue weighted by Crippen LogP contribution is 2.30. The van der Waals surface area contributed by atoms with Crippen molar-refractivity contribution in [2.75, 3.05) is 19.0 Å². The number of thiophene rings is 1. The number of carbonyl (C=O) groups excluding carboxylic acids is 2. The Morgan fingerprint density at radius 1 is 0.952 bits per heavy atom. The summed E-state index contributed by atoms with van der Waals surface area (Å²) in [6, 6.07) is 13.2. The molecule has 0 aliphatic carbocycles. The molecule has 0 spiro atoms. The lowest BCUT2D eigenvalue weighted by molar-refractivity contribution is -0.108. The highest BCUT2D eigenvalue weighted by Gasteiger charge is 2.07. The number of aliphatic hydroxyl groups excluding tert-OH is 1. The fourth-order valence-electron chi connectivity index (χ4n) is 2.75. The molecule has 0 radical (unpaired) electrons. The van der Waals surface area contributed by atoms with E-state index in [2.05, 4.69) is 13.2 Å². The number of rotatable bonds is 9. The Bertz CT molecular complexity index is 1250. The van der Waals surface area contributed by atoms with Gasteiger partial charge >= 0.3 is 0 Å². The lowest BCUT2D eigenvalue weighted by Crippen LogP contribution is -2.08. The van der Waals surface area contributed by atoms with E-state index in [1.807, 2.05) is 96.2 Å². The normalized spacial score (nSPS) is 9.62. The van der Waals surface area contributed by atoms with Gasteiger partial charge < -0.3 is 14.8 Å². The van der Waals surface area contributed by atoms with Gasteiger partial charge in [-0.1, -0.05) is 65.6 Å². The molecule has 0 aliphatic rings. The third-order valence-electron chi connectivity index (χ3n) is 4.69. The average molecular weight is 618 g/mol. The number of unbranched alkanes of at least 4 members (excludes halogenated alkanes) is 1. The first-order valence-corrected chi connectivity index (χ1v) is 15.3. The number of hydrogen-bond acceptors (Lipinski definition) is 6. The minimum Gasteiger partial charge on any atom is -0.508 e. The van der Waals surface area contributed by atoms with Crippen molar-refractivity contribution in [2.24, 2.45) is 0 Å². The lowest BCUT2D eigenvalue weighted by atomic mass is 10.1. The summed E-state index contributed by atoms with van der Waals surface area (Å²) in [4.78, 5) is 24.6. The molecule has 0 saturated heterocycles. The number of allylic oxidation sites excluding steroid dienone is 2. The van der Waals surface area contributed by atoms with Crippen LogP contribution >= 0.6 is 23.1 Å². The largest absolute Gasteiger partial charge is 0.508 e. The van der Waals surface area contributed by atoms with Crippen molar-refractivity contribution in [1.29, 1.82) is 0 Å². The summed E-state index contributed by atoms with van der Waals surface area (Å²) in [5.74, 6) is -1.63. The first kappa shape index (κ1) is 40.6. The van der Waals surface area contributed by atoms with Crippen LogP contribution in [0.4, 0.5) is 14.5 Å². The van der Waals surface area contributed by atoms with E-state index >= 15 is 0 Å². The molecule has 0 saturated carbocycles. The van der Waals surface area contributed by atoms with Crippen LogP contribution in [0.3, 0.4) is 0 Å². The molecule has 0 bridgehead atoms. The molecule has 2 aromatic carbocycles. The van der Waals surface area contributed by atoms with Crippen LogP contribution < -0.4 is 4.90 Å². The molecule has 0 unspecified atom stereocenters. The van der Waals surface area contributed by atoms with Crippen LogP contribution in [-0.4, -0.2) is 31.8 Å². The van der Waals surface area contributed by atoms with Gasteiger partial charge in [0.25, 0.3) is 0 Å². The molecular formula is C34H45F2NO3S2. The quantitative estimate of drug-likeness (QED) is 0.147. The Hall–Kier alpha value is -3.49. The van der Waals surface area contributed by atoms with Gasteiger partial charge in [0.05, 0.1) is 4.91 Å². The summed E-state index contributed by atoms with van der Waals surface area (Å²) >= 11 is 2.73. The fraction of sp³-hybridized carbons (Fsp3) is 0.294. The zero-order valence-electron chi connectivity index (χ0n) is 26.0. The second-order valence-corrected chi connectivity index (χ2v) is 10.5. The minimum atomic E-state index is -0.873. The van der Waals surface area contributed by atoms with E-state index in [0.717, 1.165) is 57.7 Å². The Morgan fingerprint density at radius 2 is 1.55 bits per heavy atom. The molecular weight excluding hydrogens is 573 g/mol. The van der Waals surface area contributed by atoms with Gasteiger partial charge in [-0.2, -0.15) is 0 Å². The van der Waals surface area contributed by atoms with Crippen molar-refractivity contribution in [3.8, 4) is 11.1 Å². The van der Waals surface area contributed by atoms with Crippen molar-refractivity contribution in [2.45, 2.75) is 54.4 Å². The third kappa shape index (κ3) is 16.7. The summed E-state index contributed by atoms with van der Waals surface area (Å²) in [6.07, 6.45) is 5.14. The van der Waals surface area contributed by atoms with Crippen LogP contribution in [-0.2, 0) is 9.59 Å². The Kier molecular flexibility index (Phi) is 23.4. The molecule has 1 aromatic heterocycles. The number of aldehydes is 2. The molecule has 0 fully saturated rings. The molecule has 3 aromatic rings. The van der Waals surface area contributed by atoms with Crippen LogP contribution in [0.25, 0.3) is 23.0 Å². The SMILES string of the molecule is C=C(C)S/C(C=O)=C\c1cc(-c2ccc(F)c(F)c2)cs1.C=C(O)c1ccc(N(C)C)cc1.CC.CC.CCCC=O. The molecule has 0 atom stereocenters. The van der Waals surface area contributed by atoms with Crippen LogP contribution in [0.5, 0.6) is 0 Å². The predicted octanol–water partition coefficient (Wildman–Crippen LogP) is 10.8. The van der Waals surface area contributed by atoms with Crippen LogP contribution in [0, 0.1) is 11.6 Å². The molecule has 0 amide bonds. The highest BCUT2D eigenvalue weighted by molar-refractivity contribution is 8.07. The summed E-state index contributed by atoms with van der Waals surface area (Å²) in [7, 11) is 3.95. The Morgan fingerprint density at radius 3 is 1.95 bits per heavy atom. The van der Waals surface area contributed by atoms with E-state index < -0.39 is 11.6 Å².